The van der Waals surface area contributed by atoms with Crippen LogP contribution in [0.15, 0.2) is 17.5 Å². The van der Waals surface area contributed by atoms with Crippen LogP contribution in [0.3, 0.4) is 0 Å². The van der Waals surface area contributed by atoms with Crippen molar-refractivity contribution in [1.29, 1.82) is 0 Å². The lowest BCUT2D eigenvalue weighted by atomic mass is 9.94. The van der Waals surface area contributed by atoms with Crippen molar-refractivity contribution in [2.75, 3.05) is 0 Å². The summed E-state index contributed by atoms with van der Waals surface area (Å²) in [5.74, 6) is 0.809. The fourth-order valence-electron chi connectivity index (χ4n) is 1.86. The average Bonchev–Trinajstić information content (AvgIpc) is 2.69. The molecule has 1 heterocycles. The second-order valence-electron chi connectivity index (χ2n) is 3.75. The van der Waals surface area contributed by atoms with E-state index >= 15 is 0 Å². The highest BCUT2D eigenvalue weighted by Crippen LogP contribution is 2.38. The number of halogens is 1. The molecule has 1 unspecified atom stereocenters. The molecule has 0 amide bonds. The van der Waals surface area contributed by atoms with E-state index in [1.807, 2.05) is 11.3 Å². The van der Waals surface area contributed by atoms with E-state index in [0.29, 0.717) is 4.83 Å². The van der Waals surface area contributed by atoms with E-state index in [1.165, 1.54) is 30.6 Å². The largest absolute Gasteiger partial charge is 0.148 e. The van der Waals surface area contributed by atoms with Crippen LogP contribution in [0.25, 0.3) is 0 Å². The summed E-state index contributed by atoms with van der Waals surface area (Å²) in [5.41, 5.74) is 0. The van der Waals surface area contributed by atoms with Gasteiger partial charge < -0.3 is 0 Å². The van der Waals surface area contributed by atoms with Gasteiger partial charge >= 0.3 is 0 Å². The first kappa shape index (κ1) is 12.3. The van der Waals surface area contributed by atoms with Crippen molar-refractivity contribution in [3.8, 4) is 0 Å². The van der Waals surface area contributed by atoms with Gasteiger partial charge in [0, 0.05) is 4.88 Å². The molecule has 2 heteroatoms. The van der Waals surface area contributed by atoms with Crippen molar-refractivity contribution >= 4 is 27.3 Å². The van der Waals surface area contributed by atoms with Crippen LogP contribution in [-0.4, -0.2) is 0 Å². The van der Waals surface area contributed by atoms with Gasteiger partial charge in [-0.05, 0) is 30.2 Å². The van der Waals surface area contributed by atoms with Crippen LogP contribution in [0.4, 0.5) is 0 Å². The van der Waals surface area contributed by atoms with Crippen LogP contribution in [-0.2, 0) is 0 Å². The third-order valence-corrected chi connectivity index (χ3v) is 5.05. The molecule has 0 aliphatic heterocycles. The van der Waals surface area contributed by atoms with Crippen molar-refractivity contribution in [3.05, 3.63) is 22.4 Å². The zero-order valence-corrected chi connectivity index (χ0v) is 11.4. The molecule has 0 aliphatic carbocycles. The average molecular weight is 275 g/mol. The highest BCUT2D eigenvalue weighted by Gasteiger charge is 2.19. The number of alkyl halides is 1. The smallest absolute Gasteiger partial charge is 0.0517 e. The summed E-state index contributed by atoms with van der Waals surface area (Å²) in [7, 11) is 0. The zero-order valence-electron chi connectivity index (χ0n) is 9.00. The van der Waals surface area contributed by atoms with Crippen molar-refractivity contribution in [3.63, 3.8) is 0 Å². The Labute approximate surface area is 99.9 Å². The molecule has 14 heavy (non-hydrogen) atoms. The molecular formula is C12H19BrS. The van der Waals surface area contributed by atoms with E-state index in [0.717, 1.165) is 5.92 Å². The third kappa shape index (κ3) is 3.39. The van der Waals surface area contributed by atoms with Gasteiger partial charge in [0.15, 0.2) is 0 Å². The van der Waals surface area contributed by atoms with Crippen molar-refractivity contribution in [2.24, 2.45) is 5.92 Å². The molecule has 80 valence electrons. The number of hydrogen-bond donors (Lipinski definition) is 0. The molecule has 0 spiro atoms. The van der Waals surface area contributed by atoms with Gasteiger partial charge in [0.25, 0.3) is 0 Å². The molecule has 0 saturated heterocycles. The van der Waals surface area contributed by atoms with Gasteiger partial charge in [0.05, 0.1) is 4.83 Å². The Morgan fingerprint density at radius 1 is 1.29 bits per heavy atom. The summed E-state index contributed by atoms with van der Waals surface area (Å²) in [4.78, 5) is 2.05. The molecule has 0 radical (unpaired) electrons. The molecule has 0 aromatic carbocycles. The lowest BCUT2D eigenvalue weighted by molar-refractivity contribution is 0.438. The Balaban J connectivity index is 2.58. The number of thiophene rings is 1. The van der Waals surface area contributed by atoms with Crippen LogP contribution in [0.5, 0.6) is 0 Å². The van der Waals surface area contributed by atoms with E-state index in [-0.39, 0.29) is 0 Å². The first-order valence-electron chi connectivity index (χ1n) is 5.47. The Kier molecular flexibility index (Phi) is 5.80. The fourth-order valence-corrected chi connectivity index (χ4v) is 3.66. The predicted octanol–water partition coefficient (Wildman–Crippen LogP) is 5.40. The standard InChI is InChI=1S/C12H19BrS/c1-3-6-10(7-4-2)12(13)11-8-5-9-14-11/h5,8-10,12H,3-4,6-7H2,1-2H3. The maximum atomic E-state index is 3.84. The lowest BCUT2D eigenvalue weighted by Crippen LogP contribution is -2.06. The molecule has 0 saturated carbocycles. The van der Waals surface area contributed by atoms with Gasteiger partial charge in [-0.1, -0.05) is 48.7 Å². The normalized spacial score (nSPS) is 13.4. The maximum absolute atomic E-state index is 3.84. The van der Waals surface area contributed by atoms with Crippen LogP contribution in [0.1, 0.15) is 49.2 Å². The fraction of sp³-hybridized carbons (Fsp3) is 0.667. The molecular weight excluding hydrogens is 256 g/mol. The van der Waals surface area contributed by atoms with Gasteiger partial charge in [-0.2, -0.15) is 0 Å². The zero-order chi connectivity index (χ0) is 10.4. The number of rotatable bonds is 6. The minimum absolute atomic E-state index is 0.572. The molecule has 0 fully saturated rings. The Morgan fingerprint density at radius 2 is 1.93 bits per heavy atom. The quantitative estimate of drug-likeness (QED) is 0.610. The molecule has 1 atom stereocenters. The van der Waals surface area contributed by atoms with E-state index in [1.54, 1.807) is 0 Å². The molecule has 0 nitrogen and oxygen atoms in total. The monoisotopic (exact) mass is 274 g/mol. The maximum Gasteiger partial charge on any atom is 0.0517 e. The minimum Gasteiger partial charge on any atom is -0.148 e. The minimum atomic E-state index is 0.572. The highest BCUT2D eigenvalue weighted by molar-refractivity contribution is 9.09. The molecule has 0 N–H and O–H groups in total. The topological polar surface area (TPSA) is 0 Å². The summed E-state index contributed by atoms with van der Waals surface area (Å²) in [6, 6.07) is 4.38. The summed E-state index contributed by atoms with van der Waals surface area (Å²) < 4.78 is 0. The second kappa shape index (κ2) is 6.62. The molecule has 1 rings (SSSR count). The third-order valence-electron chi connectivity index (χ3n) is 2.55. The van der Waals surface area contributed by atoms with Crippen LogP contribution in [0, 0.1) is 5.92 Å². The summed E-state index contributed by atoms with van der Waals surface area (Å²) >= 11 is 5.71. The van der Waals surface area contributed by atoms with Crippen LogP contribution in [0.2, 0.25) is 0 Å². The highest BCUT2D eigenvalue weighted by atomic mass is 79.9. The van der Waals surface area contributed by atoms with Crippen molar-refractivity contribution in [1.82, 2.24) is 0 Å². The summed E-state index contributed by atoms with van der Waals surface area (Å²) in [6.45, 7) is 4.55. The van der Waals surface area contributed by atoms with E-state index in [2.05, 4.69) is 47.3 Å². The van der Waals surface area contributed by atoms with E-state index < -0.39 is 0 Å². The summed E-state index contributed by atoms with van der Waals surface area (Å²) in [5, 5.41) is 2.17. The van der Waals surface area contributed by atoms with Gasteiger partial charge in [-0.15, -0.1) is 11.3 Å². The molecule has 1 aromatic rings. The molecule has 1 aromatic heterocycles. The first-order chi connectivity index (χ1) is 6.79. The van der Waals surface area contributed by atoms with Gasteiger partial charge in [-0.25, -0.2) is 0 Å². The van der Waals surface area contributed by atoms with Crippen LogP contribution >= 0.6 is 27.3 Å². The first-order valence-corrected chi connectivity index (χ1v) is 7.26. The Hall–Kier alpha value is 0.180. The Morgan fingerprint density at radius 3 is 2.36 bits per heavy atom. The number of hydrogen-bond acceptors (Lipinski definition) is 1. The summed E-state index contributed by atoms with van der Waals surface area (Å²) in [6.07, 6.45) is 5.25. The van der Waals surface area contributed by atoms with Gasteiger partial charge in [-0.3, -0.25) is 0 Å². The molecule has 0 aliphatic rings. The second-order valence-corrected chi connectivity index (χ2v) is 5.72. The van der Waals surface area contributed by atoms with E-state index in [9.17, 15) is 0 Å². The van der Waals surface area contributed by atoms with Crippen molar-refractivity contribution < 1.29 is 0 Å². The Bertz CT molecular complexity index is 224. The predicted molar refractivity (Wildman–Crippen MR) is 69.3 cm³/mol. The van der Waals surface area contributed by atoms with Gasteiger partial charge in [0.2, 0.25) is 0 Å². The SMILES string of the molecule is CCCC(CCC)C(Br)c1cccs1. The van der Waals surface area contributed by atoms with Crippen LogP contribution < -0.4 is 0 Å². The lowest BCUT2D eigenvalue weighted by Gasteiger charge is -2.20. The molecule has 0 bridgehead atoms. The van der Waals surface area contributed by atoms with E-state index in [4.69, 9.17) is 0 Å². The van der Waals surface area contributed by atoms with Crippen molar-refractivity contribution in [2.45, 2.75) is 44.4 Å². The van der Waals surface area contributed by atoms with Gasteiger partial charge in [0.1, 0.15) is 0 Å².